The number of hydrogen-bond acceptors (Lipinski definition) is 6. The van der Waals surface area contributed by atoms with Crippen LogP contribution < -0.4 is 10.1 Å². The summed E-state index contributed by atoms with van der Waals surface area (Å²) in [5.74, 6) is 0.136. The van der Waals surface area contributed by atoms with E-state index >= 15 is 0 Å². The Kier molecular flexibility index (Phi) is 5.08. The number of aromatic nitrogens is 4. The first-order valence-corrected chi connectivity index (χ1v) is 8.03. The van der Waals surface area contributed by atoms with Gasteiger partial charge in [0.1, 0.15) is 6.54 Å². The number of anilines is 2. The number of rotatable bonds is 6. The number of nitrogens with one attached hydrogen (secondary N) is 1. The molecule has 7 nitrogen and oxygen atoms in total. The summed E-state index contributed by atoms with van der Waals surface area (Å²) in [6.07, 6.45) is 4.93. The molecule has 0 fully saturated rings. The Morgan fingerprint density at radius 3 is 2.92 bits per heavy atom. The molecule has 26 heavy (non-hydrogen) atoms. The Morgan fingerprint density at radius 1 is 1.35 bits per heavy atom. The molecule has 0 aliphatic carbocycles. The van der Waals surface area contributed by atoms with Crippen molar-refractivity contribution in [3.63, 3.8) is 0 Å². The molecule has 0 spiro atoms. The Morgan fingerprint density at radius 2 is 2.19 bits per heavy atom. The van der Waals surface area contributed by atoms with Crippen molar-refractivity contribution in [2.24, 2.45) is 0 Å². The van der Waals surface area contributed by atoms with Crippen LogP contribution in [0.1, 0.15) is 12.5 Å². The van der Waals surface area contributed by atoms with E-state index < -0.39 is 5.82 Å². The zero-order valence-corrected chi connectivity index (χ0v) is 14.4. The van der Waals surface area contributed by atoms with Crippen LogP contribution in [0, 0.1) is 24.1 Å². The quantitative estimate of drug-likeness (QED) is 0.731. The van der Waals surface area contributed by atoms with E-state index in [0.717, 1.165) is 5.56 Å². The van der Waals surface area contributed by atoms with Gasteiger partial charge in [0.15, 0.2) is 11.6 Å². The highest BCUT2D eigenvalue weighted by Crippen LogP contribution is 2.27. The van der Waals surface area contributed by atoms with E-state index in [-0.39, 0.29) is 12.3 Å². The molecule has 0 saturated heterocycles. The monoisotopic (exact) mass is 352 g/mol. The van der Waals surface area contributed by atoms with Gasteiger partial charge in [-0.25, -0.2) is 14.4 Å². The van der Waals surface area contributed by atoms with E-state index in [1.807, 2.05) is 13.0 Å². The molecule has 0 aliphatic heterocycles. The number of benzene rings is 1. The van der Waals surface area contributed by atoms with Crippen LogP contribution in [0.2, 0.25) is 0 Å². The fourth-order valence-corrected chi connectivity index (χ4v) is 2.43. The van der Waals surface area contributed by atoms with Gasteiger partial charge in [-0.15, -0.1) is 0 Å². The molecule has 1 aromatic carbocycles. The molecule has 2 heterocycles. The number of aryl methyl sites for hydroxylation is 1. The van der Waals surface area contributed by atoms with Crippen molar-refractivity contribution in [1.82, 2.24) is 19.7 Å². The van der Waals surface area contributed by atoms with E-state index in [2.05, 4.69) is 20.4 Å². The molecule has 0 saturated carbocycles. The molecule has 2 aromatic heterocycles. The summed E-state index contributed by atoms with van der Waals surface area (Å²) in [6, 6.07) is 6.77. The molecule has 132 valence electrons. The van der Waals surface area contributed by atoms with E-state index in [9.17, 15) is 4.39 Å². The van der Waals surface area contributed by atoms with Crippen molar-refractivity contribution < 1.29 is 9.13 Å². The van der Waals surface area contributed by atoms with Crippen molar-refractivity contribution in [1.29, 1.82) is 5.26 Å². The van der Waals surface area contributed by atoms with Gasteiger partial charge in [0.25, 0.3) is 0 Å². The van der Waals surface area contributed by atoms with Gasteiger partial charge in [-0.05, 0) is 37.6 Å². The molecule has 8 heteroatoms. The lowest BCUT2D eigenvalue weighted by Gasteiger charge is -2.10. The predicted molar refractivity (Wildman–Crippen MR) is 94.5 cm³/mol. The van der Waals surface area contributed by atoms with Crippen LogP contribution in [0.25, 0.3) is 11.3 Å². The normalized spacial score (nSPS) is 10.4. The topological polar surface area (TPSA) is 88.6 Å². The second-order valence-corrected chi connectivity index (χ2v) is 5.51. The highest BCUT2D eigenvalue weighted by Gasteiger charge is 2.11. The van der Waals surface area contributed by atoms with Crippen LogP contribution in [0.3, 0.4) is 0 Å². The smallest absolute Gasteiger partial charge is 0.227 e. The summed E-state index contributed by atoms with van der Waals surface area (Å²) in [5.41, 5.74) is 2.73. The second kappa shape index (κ2) is 7.61. The first kappa shape index (κ1) is 17.4. The lowest BCUT2D eigenvalue weighted by molar-refractivity contribution is 0.321. The molecule has 1 N–H and O–H groups in total. The number of nitrogens with zero attached hydrogens (tertiary/aromatic N) is 5. The first-order valence-electron chi connectivity index (χ1n) is 8.03. The summed E-state index contributed by atoms with van der Waals surface area (Å²) in [7, 11) is 0. The van der Waals surface area contributed by atoms with E-state index in [1.54, 1.807) is 37.6 Å². The van der Waals surface area contributed by atoms with Gasteiger partial charge in [-0.1, -0.05) is 0 Å². The average molecular weight is 352 g/mol. The maximum absolute atomic E-state index is 14.2. The van der Waals surface area contributed by atoms with Gasteiger partial charge in [-0.2, -0.15) is 10.4 Å². The lowest BCUT2D eigenvalue weighted by Crippen LogP contribution is -2.00. The van der Waals surface area contributed by atoms with Crippen molar-refractivity contribution in [3.05, 3.63) is 48.2 Å². The zero-order valence-electron chi connectivity index (χ0n) is 14.4. The van der Waals surface area contributed by atoms with Crippen molar-refractivity contribution in [3.8, 4) is 23.1 Å². The Hall–Kier alpha value is -3.47. The lowest BCUT2D eigenvalue weighted by atomic mass is 10.1. The fourth-order valence-electron chi connectivity index (χ4n) is 2.43. The second-order valence-electron chi connectivity index (χ2n) is 5.51. The Bertz CT molecular complexity index is 963. The largest absolute Gasteiger partial charge is 0.491 e. The molecule has 0 bridgehead atoms. The summed E-state index contributed by atoms with van der Waals surface area (Å²) >= 11 is 0. The number of nitriles is 1. The zero-order chi connectivity index (χ0) is 18.5. The fraction of sp³-hybridized carbons (Fsp3) is 0.222. The van der Waals surface area contributed by atoms with Gasteiger partial charge >= 0.3 is 0 Å². The third-order valence-electron chi connectivity index (χ3n) is 3.60. The van der Waals surface area contributed by atoms with Crippen molar-refractivity contribution in [2.45, 2.75) is 20.4 Å². The maximum Gasteiger partial charge on any atom is 0.227 e. The third-order valence-corrected chi connectivity index (χ3v) is 3.60. The molecule has 3 rings (SSSR count). The highest BCUT2D eigenvalue weighted by atomic mass is 19.1. The van der Waals surface area contributed by atoms with Crippen LogP contribution >= 0.6 is 0 Å². The number of hydrogen-bond donors (Lipinski definition) is 1. The van der Waals surface area contributed by atoms with E-state index in [4.69, 9.17) is 10.00 Å². The molecule has 0 amide bonds. The van der Waals surface area contributed by atoms with Gasteiger partial charge in [-0.3, -0.25) is 4.68 Å². The summed E-state index contributed by atoms with van der Waals surface area (Å²) < 4.78 is 20.9. The molecular weight excluding hydrogens is 335 g/mol. The third kappa shape index (κ3) is 3.78. The van der Waals surface area contributed by atoms with Crippen LogP contribution in [0.4, 0.5) is 16.0 Å². The van der Waals surface area contributed by atoms with Crippen LogP contribution in [-0.4, -0.2) is 26.4 Å². The van der Waals surface area contributed by atoms with Gasteiger partial charge in [0, 0.05) is 18.0 Å². The van der Waals surface area contributed by atoms with Gasteiger partial charge in [0.05, 0.1) is 30.3 Å². The number of halogens is 1. The van der Waals surface area contributed by atoms with Crippen molar-refractivity contribution in [2.75, 3.05) is 11.9 Å². The minimum absolute atomic E-state index is 0.160. The maximum atomic E-state index is 14.2. The summed E-state index contributed by atoms with van der Waals surface area (Å²) in [5, 5.41) is 15.8. The van der Waals surface area contributed by atoms with E-state index in [1.165, 1.54) is 10.7 Å². The molecular formula is C18H17FN6O. The molecule has 0 aliphatic rings. The van der Waals surface area contributed by atoms with Crippen molar-refractivity contribution >= 4 is 11.6 Å². The Labute approximate surface area is 150 Å². The highest BCUT2D eigenvalue weighted by molar-refractivity contribution is 5.65. The van der Waals surface area contributed by atoms with E-state index in [0.29, 0.717) is 29.5 Å². The van der Waals surface area contributed by atoms with Gasteiger partial charge in [0.2, 0.25) is 5.95 Å². The Balaban J connectivity index is 1.87. The van der Waals surface area contributed by atoms with Crippen LogP contribution in [0.15, 0.2) is 36.8 Å². The van der Waals surface area contributed by atoms with Crippen LogP contribution in [-0.2, 0) is 6.54 Å². The minimum Gasteiger partial charge on any atom is -0.491 e. The van der Waals surface area contributed by atoms with Gasteiger partial charge < -0.3 is 10.1 Å². The first-order chi connectivity index (χ1) is 12.6. The number of ether oxygens (including phenoxy) is 1. The SMILES string of the molecule is CCOc1ccc(-c2nc(Nc3cnn(CC#N)c3)ncc2C)cc1F. The minimum atomic E-state index is -0.436. The summed E-state index contributed by atoms with van der Waals surface area (Å²) in [4.78, 5) is 8.72. The standard InChI is InChI=1S/C18H17FN6O/c1-3-26-16-5-4-13(8-15(16)19)17-12(2)9-21-18(24-17)23-14-10-22-25(11-14)7-6-20/h4-5,8-11H,3,7H2,1-2H3,(H,21,23,24). The summed E-state index contributed by atoms with van der Waals surface area (Å²) in [6.45, 7) is 4.22. The average Bonchev–Trinajstić information content (AvgIpc) is 3.06. The molecule has 0 radical (unpaired) electrons. The van der Waals surface area contributed by atoms with Crippen LogP contribution in [0.5, 0.6) is 5.75 Å². The molecule has 0 unspecified atom stereocenters. The predicted octanol–water partition coefficient (Wildman–Crippen LogP) is 3.45. The molecule has 0 atom stereocenters. The molecule has 3 aromatic rings.